The highest BCUT2D eigenvalue weighted by Gasteiger charge is 2.50. The third-order valence-electron chi connectivity index (χ3n) is 8.23. The normalized spacial score (nSPS) is 27.5. The Kier molecular flexibility index (Phi) is 5.76. The van der Waals surface area contributed by atoms with Crippen LogP contribution in [-0.4, -0.2) is 46.7 Å². The summed E-state index contributed by atoms with van der Waals surface area (Å²) in [6.07, 6.45) is 3.51. The second-order valence-corrected chi connectivity index (χ2v) is 11.7. The molecule has 0 aromatic heterocycles. The molecule has 0 radical (unpaired) electrons. The average Bonchev–Trinajstić information content (AvgIpc) is 3.04. The van der Waals surface area contributed by atoms with E-state index in [2.05, 4.69) is 75.1 Å². The zero-order valence-corrected chi connectivity index (χ0v) is 20.6. The van der Waals surface area contributed by atoms with Crippen molar-refractivity contribution in [2.75, 3.05) is 19.6 Å². The molecule has 1 N–H and O–H groups in total. The first-order valence-electron chi connectivity index (χ1n) is 12.7. The van der Waals surface area contributed by atoms with E-state index in [0.29, 0.717) is 11.8 Å². The lowest BCUT2D eigenvalue weighted by Crippen LogP contribution is -2.60. The minimum atomic E-state index is -0.760. The van der Waals surface area contributed by atoms with Crippen LogP contribution in [0.15, 0.2) is 42.5 Å². The molecule has 3 saturated heterocycles. The third-order valence-corrected chi connectivity index (χ3v) is 8.23. The predicted octanol–water partition coefficient (Wildman–Crippen LogP) is 6.25. The first-order valence-corrected chi connectivity index (χ1v) is 12.7. The Balaban J connectivity index is 1.46. The van der Waals surface area contributed by atoms with Crippen LogP contribution < -0.4 is 0 Å². The van der Waals surface area contributed by atoms with Crippen molar-refractivity contribution in [1.82, 2.24) is 9.80 Å². The summed E-state index contributed by atoms with van der Waals surface area (Å²) in [5.74, 6) is 1.15. The van der Waals surface area contributed by atoms with Crippen molar-refractivity contribution in [3.63, 3.8) is 0 Å². The number of fused-ring (bicyclic) bond motifs is 4. The van der Waals surface area contributed by atoms with Gasteiger partial charge in [-0.15, -0.1) is 0 Å². The van der Waals surface area contributed by atoms with Crippen LogP contribution in [0, 0.1) is 17.3 Å². The molecule has 3 heterocycles. The maximum absolute atomic E-state index is 12.7. The zero-order valence-electron chi connectivity index (χ0n) is 20.6. The van der Waals surface area contributed by atoms with E-state index in [1.807, 2.05) is 4.90 Å². The van der Waals surface area contributed by atoms with Gasteiger partial charge in [-0.1, -0.05) is 70.2 Å². The molecule has 0 spiro atoms. The summed E-state index contributed by atoms with van der Waals surface area (Å²) in [6.45, 7) is 12.1. The second kappa shape index (κ2) is 8.47. The number of nitrogens with zero attached hydrogens (tertiary/aromatic N) is 2. The number of piperidine rings is 3. The molecule has 3 aliphatic heterocycles. The van der Waals surface area contributed by atoms with Crippen LogP contribution in [0.1, 0.15) is 63.3 Å². The van der Waals surface area contributed by atoms with Crippen molar-refractivity contribution in [1.29, 1.82) is 0 Å². The van der Waals surface area contributed by atoms with Crippen LogP contribution in [-0.2, 0) is 12.8 Å². The number of benzene rings is 2. The molecule has 3 fully saturated rings. The molecule has 4 aliphatic rings. The summed E-state index contributed by atoms with van der Waals surface area (Å²) in [4.78, 5) is 17.0. The number of amides is 1. The van der Waals surface area contributed by atoms with Crippen molar-refractivity contribution in [2.45, 2.75) is 65.5 Å². The summed E-state index contributed by atoms with van der Waals surface area (Å²) in [5, 5.41) is 10.4. The van der Waals surface area contributed by atoms with Gasteiger partial charge in [0, 0.05) is 6.54 Å². The van der Waals surface area contributed by atoms with Gasteiger partial charge >= 0.3 is 6.09 Å². The minimum absolute atomic E-state index is 0.0852. The molecule has 4 heteroatoms. The van der Waals surface area contributed by atoms with E-state index >= 15 is 0 Å². The largest absolute Gasteiger partial charge is 0.465 e. The Labute approximate surface area is 198 Å². The summed E-state index contributed by atoms with van der Waals surface area (Å²) in [5.41, 5.74) is 6.24. The standard InChI is InChI=1S/C29H38N2O2/c1-19(2)15-20-5-7-21(8-6-20)23-9-10-25-24(16-23)17-29(3,4)27(25)31(28(32)33)26-18-30-13-11-22(26)12-14-30/h5-10,16,19,22,26-27H,11-15,17-18H2,1-4H3,(H,32,33)/t26-,27+/m1/s1. The van der Waals surface area contributed by atoms with Gasteiger partial charge in [-0.05, 0) is 83.8 Å². The molecular formula is C29H38N2O2. The highest BCUT2D eigenvalue weighted by molar-refractivity contribution is 5.69. The molecule has 1 aliphatic carbocycles. The van der Waals surface area contributed by atoms with Gasteiger partial charge in [0.15, 0.2) is 0 Å². The van der Waals surface area contributed by atoms with Crippen LogP contribution >= 0.6 is 0 Å². The van der Waals surface area contributed by atoms with Crippen LogP contribution in [0.4, 0.5) is 4.79 Å². The fourth-order valence-electron chi connectivity index (χ4n) is 6.74. The number of carbonyl (C=O) groups is 1. The van der Waals surface area contributed by atoms with Crippen molar-refractivity contribution >= 4 is 6.09 Å². The van der Waals surface area contributed by atoms with E-state index in [-0.39, 0.29) is 17.5 Å². The lowest BCUT2D eigenvalue weighted by atomic mass is 9.79. The van der Waals surface area contributed by atoms with E-state index in [1.165, 1.54) is 27.8 Å². The van der Waals surface area contributed by atoms with Crippen LogP contribution in [0.25, 0.3) is 11.1 Å². The molecule has 176 valence electrons. The SMILES string of the molecule is CC(C)Cc1ccc(-c2ccc3c(c2)CC(C)(C)[C@H]3N(C(=O)O)[C@@H]2CN3CCC2CC3)cc1. The monoisotopic (exact) mass is 446 g/mol. The number of rotatable bonds is 5. The Bertz CT molecular complexity index is 1020. The summed E-state index contributed by atoms with van der Waals surface area (Å²) in [6, 6.07) is 15.7. The lowest BCUT2D eigenvalue weighted by Gasteiger charge is -2.51. The van der Waals surface area contributed by atoms with Gasteiger partial charge in [-0.2, -0.15) is 0 Å². The molecule has 1 amide bonds. The maximum atomic E-state index is 12.7. The van der Waals surface area contributed by atoms with Crippen molar-refractivity contribution in [3.8, 4) is 11.1 Å². The smallest absolute Gasteiger partial charge is 0.408 e. The summed E-state index contributed by atoms with van der Waals surface area (Å²) >= 11 is 0. The van der Waals surface area contributed by atoms with Crippen molar-refractivity contribution < 1.29 is 9.90 Å². The van der Waals surface area contributed by atoms with Crippen LogP contribution in [0.5, 0.6) is 0 Å². The molecule has 0 saturated carbocycles. The molecule has 6 rings (SSSR count). The second-order valence-electron chi connectivity index (χ2n) is 11.7. The van der Waals surface area contributed by atoms with Gasteiger partial charge < -0.3 is 10.0 Å². The predicted molar refractivity (Wildman–Crippen MR) is 133 cm³/mol. The van der Waals surface area contributed by atoms with Gasteiger partial charge in [0.2, 0.25) is 0 Å². The molecule has 2 aromatic rings. The van der Waals surface area contributed by atoms with Crippen molar-refractivity contribution in [3.05, 3.63) is 59.2 Å². The lowest BCUT2D eigenvalue weighted by molar-refractivity contribution is -0.0267. The van der Waals surface area contributed by atoms with E-state index in [0.717, 1.165) is 45.3 Å². The molecule has 33 heavy (non-hydrogen) atoms. The van der Waals surface area contributed by atoms with Gasteiger partial charge in [-0.3, -0.25) is 4.90 Å². The highest BCUT2D eigenvalue weighted by atomic mass is 16.4. The van der Waals surface area contributed by atoms with E-state index in [1.54, 1.807) is 0 Å². The quantitative estimate of drug-likeness (QED) is 0.590. The number of hydrogen-bond acceptors (Lipinski definition) is 2. The summed E-state index contributed by atoms with van der Waals surface area (Å²) < 4.78 is 0. The van der Waals surface area contributed by atoms with Crippen molar-refractivity contribution in [2.24, 2.45) is 17.3 Å². The van der Waals surface area contributed by atoms with E-state index in [4.69, 9.17) is 0 Å². The first-order chi connectivity index (χ1) is 15.7. The third kappa shape index (κ3) is 4.19. The van der Waals surface area contributed by atoms with E-state index < -0.39 is 6.09 Å². The highest BCUT2D eigenvalue weighted by Crippen LogP contribution is 2.51. The fraction of sp³-hybridized carbons (Fsp3) is 0.552. The maximum Gasteiger partial charge on any atom is 0.408 e. The molecular weight excluding hydrogens is 408 g/mol. The molecule has 2 atom stereocenters. The fourth-order valence-corrected chi connectivity index (χ4v) is 6.74. The average molecular weight is 447 g/mol. The molecule has 2 aromatic carbocycles. The van der Waals surface area contributed by atoms with E-state index in [9.17, 15) is 9.90 Å². The molecule has 2 bridgehead atoms. The molecule has 4 nitrogen and oxygen atoms in total. The van der Waals surface area contributed by atoms with Crippen LogP contribution in [0.2, 0.25) is 0 Å². The Hall–Kier alpha value is -2.33. The Morgan fingerprint density at radius 1 is 1.09 bits per heavy atom. The summed E-state index contributed by atoms with van der Waals surface area (Å²) in [7, 11) is 0. The van der Waals surface area contributed by atoms with Gasteiger partial charge in [0.05, 0.1) is 12.1 Å². The van der Waals surface area contributed by atoms with Gasteiger partial charge in [-0.25, -0.2) is 4.79 Å². The number of carboxylic acid groups (broad SMARTS) is 1. The van der Waals surface area contributed by atoms with Gasteiger partial charge in [0.1, 0.15) is 0 Å². The Morgan fingerprint density at radius 2 is 1.76 bits per heavy atom. The first kappa shape index (κ1) is 22.5. The minimum Gasteiger partial charge on any atom is -0.465 e. The molecule has 0 unspecified atom stereocenters. The van der Waals surface area contributed by atoms with Crippen LogP contribution in [0.3, 0.4) is 0 Å². The topological polar surface area (TPSA) is 43.8 Å². The zero-order chi connectivity index (χ0) is 23.3. The number of hydrogen-bond donors (Lipinski definition) is 1. The Morgan fingerprint density at radius 3 is 2.33 bits per heavy atom. The van der Waals surface area contributed by atoms with Gasteiger partial charge in [0.25, 0.3) is 0 Å².